The lowest BCUT2D eigenvalue weighted by Gasteiger charge is -2.06. The van der Waals surface area contributed by atoms with Crippen LogP contribution in [0.3, 0.4) is 0 Å². The molecule has 1 aromatic heterocycles. The van der Waals surface area contributed by atoms with Gasteiger partial charge in [0.2, 0.25) is 17.6 Å². The number of nitrogens with one attached hydrogen (secondary N) is 1. The molecule has 0 saturated heterocycles. The monoisotopic (exact) mass is 401 g/mol. The third-order valence-corrected chi connectivity index (χ3v) is 4.12. The Morgan fingerprint density at radius 3 is 2.79 bits per heavy atom. The van der Waals surface area contributed by atoms with Gasteiger partial charge in [0.05, 0.1) is 20.3 Å². The zero-order valence-corrected chi connectivity index (χ0v) is 16.1. The minimum atomic E-state index is -0.110. The number of carbonyl (C=O) groups is 1. The van der Waals surface area contributed by atoms with E-state index in [0.29, 0.717) is 41.9 Å². The van der Waals surface area contributed by atoms with Crippen LogP contribution in [0.5, 0.6) is 11.5 Å². The number of hydrogen-bond acceptors (Lipinski definition) is 6. The smallest absolute Gasteiger partial charge is 0.246 e. The molecule has 146 valence electrons. The van der Waals surface area contributed by atoms with Crippen LogP contribution in [-0.2, 0) is 11.3 Å². The number of ether oxygens (including phenoxy) is 2. The largest absolute Gasteiger partial charge is 0.497 e. The molecule has 2 aromatic carbocycles. The van der Waals surface area contributed by atoms with Crippen molar-refractivity contribution in [1.29, 1.82) is 0 Å². The summed E-state index contributed by atoms with van der Waals surface area (Å²) in [6, 6.07) is 14.4. The molecule has 1 heterocycles. The molecule has 3 aromatic rings. The van der Waals surface area contributed by atoms with Crippen molar-refractivity contribution in [3.63, 3.8) is 0 Å². The van der Waals surface area contributed by atoms with Gasteiger partial charge in [0, 0.05) is 17.0 Å². The van der Waals surface area contributed by atoms with Gasteiger partial charge in [-0.2, -0.15) is 4.98 Å². The summed E-state index contributed by atoms with van der Waals surface area (Å²) in [6.07, 6.45) is 0.928. The standard InChI is InChI=1S/C20H20ClN3O4/c1-26-17-5-2-4-14(12-17)20-23-19(28-24-20)13-22-18(25)6-3-11-27-16-9-7-15(21)8-10-16/h2,4-5,7-10,12H,3,6,11,13H2,1H3,(H,22,25). The summed E-state index contributed by atoms with van der Waals surface area (Å²) in [5.41, 5.74) is 0.778. The van der Waals surface area contributed by atoms with E-state index in [1.165, 1.54) is 0 Å². The number of methoxy groups -OCH3 is 1. The second-order valence-electron chi connectivity index (χ2n) is 5.93. The molecular weight excluding hydrogens is 382 g/mol. The number of aromatic nitrogens is 2. The quantitative estimate of drug-likeness (QED) is 0.547. The minimum absolute atomic E-state index is 0.110. The van der Waals surface area contributed by atoms with Crippen molar-refractivity contribution in [2.45, 2.75) is 19.4 Å². The van der Waals surface area contributed by atoms with Gasteiger partial charge in [-0.3, -0.25) is 4.79 Å². The van der Waals surface area contributed by atoms with Crippen molar-refractivity contribution in [1.82, 2.24) is 15.5 Å². The number of halogens is 1. The molecule has 1 amide bonds. The fourth-order valence-corrected chi connectivity index (χ4v) is 2.55. The van der Waals surface area contributed by atoms with Crippen LogP contribution in [0.1, 0.15) is 18.7 Å². The SMILES string of the molecule is COc1cccc(-c2noc(CNC(=O)CCCOc3ccc(Cl)cc3)n2)c1. The van der Waals surface area contributed by atoms with E-state index in [-0.39, 0.29) is 12.5 Å². The number of hydrogen-bond donors (Lipinski definition) is 1. The summed E-state index contributed by atoms with van der Waals surface area (Å²) >= 11 is 5.82. The topological polar surface area (TPSA) is 86.5 Å². The van der Waals surface area contributed by atoms with Crippen LogP contribution in [0, 0.1) is 0 Å². The van der Waals surface area contributed by atoms with Crippen molar-refractivity contribution >= 4 is 17.5 Å². The summed E-state index contributed by atoms with van der Waals surface area (Å²) in [6.45, 7) is 0.615. The molecule has 8 heteroatoms. The van der Waals surface area contributed by atoms with Crippen LogP contribution >= 0.6 is 11.6 Å². The summed E-state index contributed by atoms with van der Waals surface area (Å²) < 4.78 is 15.9. The molecular formula is C20H20ClN3O4. The molecule has 0 spiro atoms. The Bertz CT molecular complexity index is 912. The Hall–Kier alpha value is -3.06. The first-order valence-electron chi connectivity index (χ1n) is 8.76. The zero-order valence-electron chi connectivity index (χ0n) is 15.4. The van der Waals surface area contributed by atoms with E-state index in [0.717, 1.165) is 11.3 Å². The van der Waals surface area contributed by atoms with E-state index in [9.17, 15) is 4.79 Å². The van der Waals surface area contributed by atoms with Gasteiger partial charge in [-0.15, -0.1) is 0 Å². The molecule has 0 aliphatic carbocycles. The molecule has 3 rings (SSSR count). The second kappa shape index (κ2) is 9.75. The van der Waals surface area contributed by atoms with Crippen molar-refractivity contribution in [2.75, 3.05) is 13.7 Å². The Morgan fingerprint density at radius 2 is 2.00 bits per heavy atom. The van der Waals surface area contributed by atoms with Gasteiger partial charge in [-0.25, -0.2) is 0 Å². The predicted molar refractivity (Wildman–Crippen MR) is 104 cm³/mol. The van der Waals surface area contributed by atoms with Crippen LogP contribution in [0.4, 0.5) is 0 Å². The van der Waals surface area contributed by atoms with Crippen LogP contribution in [0.15, 0.2) is 53.1 Å². The molecule has 1 N–H and O–H groups in total. The molecule has 0 saturated carbocycles. The summed E-state index contributed by atoms with van der Waals surface area (Å²) in [5, 5.41) is 7.35. The fraction of sp³-hybridized carbons (Fsp3) is 0.250. The second-order valence-corrected chi connectivity index (χ2v) is 6.36. The van der Waals surface area contributed by atoms with Crippen LogP contribution < -0.4 is 14.8 Å². The molecule has 7 nitrogen and oxygen atoms in total. The average Bonchev–Trinajstić information content (AvgIpc) is 3.20. The number of nitrogens with zero attached hydrogens (tertiary/aromatic N) is 2. The Morgan fingerprint density at radius 1 is 1.18 bits per heavy atom. The maximum absolute atomic E-state index is 11.9. The van der Waals surface area contributed by atoms with E-state index in [1.807, 2.05) is 24.3 Å². The van der Waals surface area contributed by atoms with Crippen molar-refractivity contribution < 1.29 is 18.8 Å². The zero-order chi connectivity index (χ0) is 19.8. The number of rotatable bonds is 9. The van der Waals surface area contributed by atoms with E-state index in [1.54, 1.807) is 31.4 Å². The first-order chi connectivity index (χ1) is 13.6. The summed E-state index contributed by atoms with van der Waals surface area (Å²) in [4.78, 5) is 16.2. The summed E-state index contributed by atoms with van der Waals surface area (Å²) in [5.74, 6) is 2.10. The normalized spacial score (nSPS) is 10.5. The van der Waals surface area contributed by atoms with Gasteiger partial charge in [-0.05, 0) is 42.8 Å². The van der Waals surface area contributed by atoms with Crippen LogP contribution in [-0.4, -0.2) is 29.8 Å². The third kappa shape index (κ3) is 5.72. The highest BCUT2D eigenvalue weighted by atomic mass is 35.5. The Balaban J connectivity index is 1.40. The lowest BCUT2D eigenvalue weighted by Crippen LogP contribution is -2.23. The first kappa shape index (κ1) is 19.7. The molecule has 0 aliphatic heterocycles. The fourth-order valence-electron chi connectivity index (χ4n) is 2.42. The lowest BCUT2D eigenvalue weighted by molar-refractivity contribution is -0.121. The molecule has 0 atom stereocenters. The highest BCUT2D eigenvalue weighted by Crippen LogP contribution is 2.21. The van der Waals surface area contributed by atoms with Crippen molar-refractivity contribution in [2.24, 2.45) is 0 Å². The highest BCUT2D eigenvalue weighted by Gasteiger charge is 2.10. The number of benzene rings is 2. The third-order valence-electron chi connectivity index (χ3n) is 3.86. The molecule has 0 radical (unpaired) electrons. The average molecular weight is 402 g/mol. The maximum atomic E-state index is 11.9. The van der Waals surface area contributed by atoms with Gasteiger partial charge in [0.25, 0.3) is 0 Å². The number of carbonyl (C=O) groups excluding carboxylic acids is 1. The van der Waals surface area contributed by atoms with Crippen LogP contribution in [0.2, 0.25) is 5.02 Å². The molecule has 0 bridgehead atoms. The van der Waals surface area contributed by atoms with Crippen molar-refractivity contribution in [3.05, 3.63) is 59.4 Å². The van der Waals surface area contributed by atoms with Crippen LogP contribution in [0.25, 0.3) is 11.4 Å². The van der Waals surface area contributed by atoms with Gasteiger partial charge < -0.3 is 19.3 Å². The molecule has 0 unspecified atom stereocenters. The van der Waals surface area contributed by atoms with Crippen molar-refractivity contribution in [3.8, 4) is 22.9 Å². The van der Waals surface area contributed by atoms with E-state index in [4.69, 9.17) is 25.6 Å². The predicted octanol–water partition coefficient (Wildman–Crippen LogP) is 3.87. The Kier molecular flexibility index (Phi) is 6.86. The maximum Gasteiger partial charge on any atom is 0.246 e. The van der Waals surface area contributed by atoms with Gasteiger partial charge in [-0.1, -0.05) is 28.9 Å². The molecule has 0 fully saturated rings. The highest BCUT2D eigenvalue weighted by molar-refractivity contribution is 6.30. The van der Waals surface area contributed by atoms with E-state index in [2.05, 4.69) is 15.5 Å². The molecule has 28 heavy (non-hydrogen) atoms. The van der Waals surface area contributed by atoms with E-state index >= 15 is 0 Å². The van der Waals surface area contributed by atoms with Gasteiger partial charge >= 0.3 is 0 Å². The Labute approximate surface area is 167 Å². The van der Waals surface area contributed by atoms with Gasteiger partial charge in [0.1, 0.15) is 11.5 Å². The first-order valence-corrected chi connectivity index (χ1v) is 9.14. The van der Waals surface area contributed by atoms with E-state index < -0.39 is 0 Å². The van der Waals surface area contributed by atoms with Gasteiger partial charge in [0.15, 0.2) is 0 Å². The lowest BCUT2D eigenvalue weighted by atomic mass is 10.2. The summed E-state index contributed by atoms with van der Waals surface area (Å²) in [7, 11) is 1.59. The number of amides is 1. The molecule has 0 aliphatic rings. The minimum Gasteiger partial charge on any atom is -0.497 e.